The van der Waals surface area contributed by atoms with Gasteiger partial charge in [0.1, 0.15) is 11.5 Å². The number of fused-ring (bicyclic) bond motifs is 1. The molecule has 0 radical (unpaired) electrons. The maximum Gasteiger partial charge on any atom is 0.255 e. The topological polar surface area (TPSA) is 86.3 Å². The number of nitrogens with one attached hydrogen (secondary N) is 1. The third kappa shape index (κ3) is 4.03. The summed E-state index contributed by atoms with van der Waals surface area (Å²) in [6.45, 7) is 3.00. The minimum absolute atomic E-state index is 0.193. The van der Waals surface area contributed by atoms with Crippen LogP contribution in [0.1, 0.15) is 27.6 Å². The van der Waals surface area contributed by atoms with E-state index in [1.165, 1.54) is 0 Å². The van der Waals surface area contributed by atoms with Crippen molar-refractivity contribution in [1.29, 1.82) is 0 Å². The van der Waals surface area contributed by atoms with Crippen molar-refractivity contribution in [3.63, 3.8) is 0 Å². The fourth-order valence-corrected chi connectivity index (χ4v) is 3.25. The smallest absolute Gasteiger partial charge is 0.255 e. The standard InChI is InChI=1S/C24H21N3O3/c1-2-27-14-13-18-15-19(7-12-22(18)27)26-24(29)17-5-10-21(11-6-17)30-20-8-3-16(4-9-20)23(25)28/h3-15H,2H2,1H3,(H2,25,28)(H,26,29). The molecule has 3 aromatic carbocycles. The van der Waals surface area contributed by atoms with Crippen LogP contribution in [0, 0.1) is 0 Å². The Morgan fingerprint density at radius 2 is 1.53 bits per heavy atom. The van der Waals surface area contributed by atoms with Crippen LogP contribution in [-0.2, 0) is 6.54 Å². The molecule has 0 atom stereocenters. The van der Waals surface area contributed by atoms with Crippen LogP contribution >= 0.6 is 0 Å². The van der Waals surface area contributed by atoms with Crippen molar-refractivity contribution in [2.24, 2.45) is 5.73 Å². The lowest BCUT2D eigenvalue weighted by molar-refractivity contribution is 0.0997. The third-order valence-electron chi connectivity index (χ3n) is 4.86. The number of rotatable bonds is 6. The van der Waals surface area contributed by atoms with Gasteiger partial charge >= 0.3 is 0 Å². The van der Waals surface area contributed by atoms with Gasteiger partial charge in [-0.15, -0.1) is 0 Å². The van der Waals surface area contributed by atoms with Gasteiger partial charge in [0.05, 0.1) is 0 Å². The molecule has 0 spiro atoms. The first-order valence-electron chi connectivity index (χ1n) is 9.61. The maximum absolute atomic E-state index is 12.6. The van der Waals surface area contributed by atoms with Crippen molar-refractivity contribution in [2.45, 2.75) is 13.5 Å². The number of aromatic nitrogens is 1. The molecule has 0 aliphatic rings. The first-order chi connectivity index (χ1) is 14.5. The number of hydrogen-bond donors (Lipinski definition) is 2. The molecule has 150 valence electrons. The van der Waals surface area contributed by atoms with Crippen molar-refractivity contribution in [3.8, 4) is 11.5 Å². The highest BCUT2D eigenvalue weighted by atomic mass is 16.5. The first-order valence-corrected chi connectivity index (χ1v) is 9.61. The van der Waals surface area contributed by atoms with Crippen LogP contribution in [0.3, 0.4) is 0 Å². The molecule has 1 heterocycles. The van der Waals surface area contributed by atoms with Crippen LogP contribution in [0.15, 0.2) is 79.0 Å². The molecular weight excluding hydrogens is 378 g/mol. The summed E-state index contributed by atoms with van der Waals surface area (Å²) in [6.07, 6.45) is 2.04. The molecule has 0 bridgehead atoms. The molecular formula is C24H21N3O3. The van der Waals surface area contributed by atoms with E-state index in [1.807, 2.05) is 30.5 Å². The van der Waals surface area contributed by atoms with Gasteiger partial charge in [-0.25, -0.2) is 0 Å². The number of hydrogen-bond acceptors (Lipinski definition) is 3. The Balaban J connectivity index is 1.43. The molecule has 3 N–H and O–H groups in total. The molecule has 1 aromatic heterocycles. The van der Waals surface area contributed by atoms with E-state index in [1.54, 1.807) is 48.5 Å². The minimum atomic E-state index is -0.487. The average molecular weight is 399 g/mol. The van der Waals surface area contributed by atoms with Gasteiger partial charge in [0.15, 0.2) is 0 Å². The highest BCUT2D eigenvalue weighted by Crippen LogP contribution is 2.24. The van der Waals surface area contributed by atoms with E-state index in [0.29, 0.717) is 22.6 Å². The normalized spacial score (nSPS) is 10.7. The van der Waals surface area contributed by atoms with E-state index < -0.39 is 5.91 Å². The number of carbonyl (C=O) groups excluding carboxylic acids is 2. The van der Waals surface area contributed by atoms with Crippen molar-refractivity contribution in [3.05, 3.63) is 90.1 Å². The van der Waals surface area contributed by atoms with Gasteiger partial charge in [-0.2, -0.15) is 0 Å². The Morgan fingerprint density at radius 3 is 2.13 bits per heavy atom. The number of nitrogens with zero attached hydrogens (tertiary/aromatic N) is 1. The van der Waals surface area contributed by atoms with E-state index in [-0.39, 0.29) is 5.91 Å². The summed E-state index contributed by atoms with van der Waals surface area (Å²) in [6, 6.07) is 21.3. The summed E-state index contributed by atoms with van der Waals surface area (Å²) < 4.78 is 7.89. The summed E-state index contributed by atoms with van der Waals surface area (Å²) >= 11 is 0. The van der Waals surface area contributed by atoms with Crippen LogP contribution in [0.5, 0.6) is 11.5 Å². The summed E-state index contributed by atoms with van der Waals surface area (Å²) in [7, 11) is 0. The SMILES string of the molecule is CCn1ccc2cc(NC(=O)c3ccc(Oc4ccc(C(N)=O)cc4)cc3)ccc21. The van der Waals surface area contributed by atoms with E-state index in [0.717, 1.165) is 23.1 Å². The van der Waals surface area contributed by atoms with Gasteiger partial charge in [0.25, 0.3) is 5.91 Å². The number of carbonyl (C=O) groups is 2. The zero-order valence-corrected chi connectivity index (χ0v) is 16.5. The Labute approximate surface area is 173 Å². The molecule has 6 heteroatoms. The molecule has 0 unspecified atom stereocenters. The molecule has 0 saturated carbocycles. The molecule has 0 aliphatic carbocycles. The van der Waals surface area contributed by atoms with Crippen molar-refractivity contribution in [2.75, 3.05) is 5.32 Å². The molecule has 4 rings (SSSR count). The third-order valence-corrected chi connectivity index (χ3v) is 4.86. The summed E-state index contributed by atoms with van der Waals surface area (Å²) in [5.74, 6) is 0.478. The molecule has 0 saturated heterocycles. The first kappa shape index (κ1) is 19.3. The second kappa shape index (κ2) is 8.13. The quantitative estimate of drug-likeness (QED) is 0.488. The fourth-order valence-electron chi connectivity index (χ4n) is 3.25. The molecule has 0 fully saturated rings. The monoisotopic (exact) mass is 399 g/mol. The van der Waals surface area contributed by atoms with Gasteiger partial charge in [-0.3, -0.25) is 9.59 Å². The average Bonchev–Trinajstić information content (AvgIpc) is 3.17. The summed E-state index contributed by atoms with van der Waals surface area (Å²) in [4.78, 5) is 23.7. The Bertz CT molecular complexity index is 1210. The summed E-state index contributed by atoms with van der Waals surface area (Å²) in [5.41, 5.74) is 8.06. The van der Waals surface area contributed by atoms with Crippen LogP contribution < -0.4 is 15.8 Å². The van der Waals surface area contributed by atoms with Crippen LogP contribution in [0.2, 0.25) is 0 Å². The molecule has 4 aromatic rings. The van der Waals surface area contributed by atoms with Crippen molar-refractivity contribution < 1.29 is 14.3 Å². The van der Waals surface area contributed by atoms with Gasteiger partial charge in [-0.05, 0) is 79.7 Å². The van der Waals surface area contributed by atoms with E-state index in [2.05, 4.69) is 16.8 Å². The largest absolute Gasteiger partial charge is 0.457 e. The number of nitrogens with two attached hydrogens (primary N) is 1. The van der Waals surface area contributed by atoms with E-state index in [9.17, 15) is 9.59 Å². The molecule has 30 heavy (non-hydrogen) atoms. The second-order valence-electron chi connectivity index (χ2n) is 6.84. The Morgan fingerprint density at radius 1 is 0.900 bits per heavy atom. The number of anilines is 1. The van der Waals surface area contributed by atoms with Gasteiger partial charge in [0.2, 0.25) is 5.91 Å². The molecule has 2 amide bonds. The second-order valence-corrected chi connectivity index (χ2v) is 6.84. The van der Waals surface area contributed by atoms with Gasteiger partial charge in [0, 0.05) is 40.5 Å². The van der Waals surface area contributed by atoms with Crippen LogP contribution in [0.25, 0.3) is 10.9 Å². The fraction of sp³-hybridized carbons (Fsp3) is 0.0833. The van der Waals surface area contributed by atoms with Gasteiger partial charge < -0.3 is 20.4 Å². The zero-order chi connectivity index (χ0) is 21.1. The van der Waals surface area contributed by atoms with Gasteiger partial charge in [-0.1, -0.05) is 0 Å². The molecule has 0 aliphatic heterocycles. The Hall–Kier alpha value is -4.06. The lowest BCUT2D eigenvalue weighted by atomic mass is 10.2. The van der Waals surface area contributed by atoms with Crippen molar-refractivity contribution in [1.82, 2.24) is 4.57 Å². The lowest BCUT2D eigenvalue weighted by Gasteiger charge is -2.09. The van der Waals surface area contributed by atoms with Crippen LogP contribution in [0.4, 0.5) is 5.69 Å². The van der Waals surface area contributed by atoms with E-state index in [4.69, 9.17) is 10.5 Å². The summed E-state index contributed by atoms with van der Waals surface area (Å²) in [5, 5.41) is 4.01. The minimum Gasteiger partial charge on any atom is -0.457 e. The number of aryl methyl sites for hydroxylation is 1. The highest BCUT2D eigenvalue weighted by molar-refractivity contribution is 6.05. The zero-order valence-electron chi connectivity index (χ0n) is 16.5. The van der Waals surface area contributed by atoms with Crippen LogP contribution in [-0.4, -0.2) is 16.4 Å². The lowest BCUT2D eigenvalue weighted by Crippen LogP contribution is -2.11. The number of ether oxygens (including phenoxy) is 1. The number of primary amides is 1. The predicted octanol–water partition coefficient (Wildman–Crippen LogP) is 4.80. The number of benzene rings is 3. The molecule has 6 nitrogen and oxygen atoms in total. The van der Waals surface area contributed by atoms with E-state index >= 15 is 0 Å². The highest BCUT2D eigenvalue weighted by Gasteiger charge is 2.09. The Kier molecular flexibility index (Phi) is 5.22. The predicted molar refractivity (Wildman–Crippen MR) is 117 cm³/mol. The van der Waals surface area contributed by atoms with Crippen molar-refractivity contribution >= 4 is 28.4 Å². The number of amides is 2. The maximum atomic E-state index is 12.6.